The Labute approximate surface area is 211 Å². The van der Waals surface area contributed by atoms with Crippen molar-refractivity contribution in [3.63, 3.8) is 0 Å². The summed E-state index contributed by atoms with van der Waals surface area (Å²) in [6, 6.07) is 6.46. The van der Waals surface area contributed by atoms with Gasteiger partial charge in [-0.25, -0.2) is 9.97 Å². The molecule has 35 heavy (non-hydrogen) atoms. The number of allylic oxidation sites excluding steroid dienone is 2. The zero-order valence-corrected chi connectivity index (χ0v) is 21.7. The number of hydrogen-bond acceptors (Lipinski definition) is 7. The minimum Gasteiger partial charge on any atom is -0.368 e. The monoisotopic (exact) mass is 489 g/mol. The number of aryl methyl sites for hydroxylation is 3. The number of hydrazine groups is 1. The standard InChI is InChI=1S/C23H24N6S.C4H11N/c1-5-6-7-19-13(2)9-20(30-19)16-10-15(8-14(3)21(16)28-25)17-12-29(4)18-11-26-23(24)27-22(17)18;1-2-3-4-5/h5-12,28H,1,25H2,2-4H3,(H2,24,26,27);2-5H2,1H3/b7-6-;. The average Bonchev–Trinajstić information content (AvgIpc) is 3.37. The van der Waals surface area contributed by atoms with E-state index < -0.39 is 0 Å². The van der Waals surface area contributed by atoms with Gasteiger partial charge < -0.3 is 21.5 Å². The fraction of sp³-hybridized carbons (Fsp3) is 0.259. The normalized spacial score (nSPS) is 11.0. The highest BCUT2D eigenvalue weighted by atomic mass is 32.1. The van der Waals surface area contributed by atoms with Crippen LogP contribution in [0.1, 0.15) is 35.8 Å². The van der Waals surface area contributed by atoms with Crippen LogP contribution in [0.4, 0.5) is 11.6 Å². The van der Waals surface area contributed by atoms with Gasteiger partial charge in [0.15, 0.2) is 0 Å². The Hall–Kier alpha value is -3.46. The smallest absolute Gasteiger partial charge is 0.220 e. The Morgan fingerprint density at radius 3 is 2.57 bits per heavy atom. The topological polar surface area (TPSA) is 121 Å². The van der Waals surface area contributed by atoms with E-state index in [0.29, 0.717) is 0 Å². The molecule has 0 fully saturated rings. The first kappa shape index (κ1) is 26.2. The van der Waals surface area contributed by atoms with E-state index in [9.17, 15) is 0 Å². The third-order valence-corrected chi connectivity index (χ3v) is 6.94. The van der Waals surface area contributed by atoms with E-state index in [1.54, 1.807) is 23.6 Å². The molecule has 4 rings (SSSR count). The van der Waals surface area contributed by atoms with Crippen LogP contribution in [0.2, 0.25) is 0 Å². The first-order valence-electron chi connectivity index (χ1n) is 11.6. The Morgan fingerprint density at radius 2 is 1.94 bits per heavy atom. The average molecular weight is 490 g/mol. The Morgan fingerprint density at radius 1 is 1.17 bits per heavy atom. The zero-order chi connectivity index (χ0) is 25.5. The molecule has 0 aliphatic heterocycles. The Bertz CT molecular complexity index is 1350. The molecule has 0 atom stereocenters. The summed E-state index contributed by atoms with van der Waals surface area (Å²) in [5, 5.41) is 0. The van der Waals surface area contributed by atoms with E-state index in [4.69, 9.17) is 17.3 Å². The van der Waals surface area contributed by atoms with Crippen molar-refractivity contribution in [1.29, 1.82) is 0 Å². The van der Waals surface area contributed by atoms with E-state index >= 15 is 0 Å². The lowest BCUT2D eigenvalue weighted by Gasteiger charge is -2.13. The summed E-state index contributed by atoms with van der Waals surface area (Å²) >= 11 is 1.72. The number of benzene rings is 1. The van der Waals surface area contributed by atoms with Gasteiger partial charge in [0.1, 0.15) is 5.52 Å². The van der Waals surface area contributed by atoms with Crippen molar-refractivity contribution < 1.29 is 0 Å². The molecule has 0 bridgehead atoms. The summed E-state index contributed by atoms with van der Waals surface area (Å²) in [5.74, 6) is 6.17. The molecule has 8 heteroatoms. The highest BCUT2D eigenvalue weighted by Gasteiger charge is 2.17. The van der Waals surface area contributed by atoms with Crippen LogP contribution in [-0.4, -0.2) is 21.1 Å². The molecule has 184 valence electrons. The summed E-state index contributed by atoms with van der Waals surface area (Å²) in [6.07, 6.45) is 12.0. The molecule has 7 N–H and O–H groups in total. The lowest BCUT2D eigenvalue weighted by molar-refractivity contribution is 0.807. The van der Waals surface area contributed by atoms with Crippen LogP contribution in [0, 0.1) is 13.8 Å². The molecule has 0 aliphatic rings. The van der Waals surface area contributed by atoms with Gasteiger partial charge in [-0.15, -0.1) is 11.3 Å². The molecular formula is C27H35N7S. The summed E-state index contributed by atoms with van der Waals surface area (Å²) in [5.41, 5.74) is 22.0. The third-order valence-electron chi connectivity index (χ3n) is 5.70. The molecule has 3 aromatic heterocycles. The van der Waals surface area contributed by atoms with E-state index in [1.807, 2.05) is 17.7 Å². The first-order chi connectivity index (χ1) is 16.8. The van der Waals surface area contributed by atoms with Gasteiger partial charge in [0.2, 0.25) is 5.95 Å². The summed E-state index contributed by atoms with van der Waals surface area (Å²) in [7, 11) is 1.98. The van der Waals surface area contributed by atoms with Crippen LogP contribution in [0.3, 0.4) is 0 Å². The number of nitrogens with one attached hydrogen (secondary N) is 1. The minimum absolute atomic E-state index is 0.264. The second kappa shape index (κ2) is 11.8. The van der Waals surface area contributed by atoms with Crippen LogP contribution in [0.15, 0.2) is 49.3 Å². The van der Waals surface area contributed by atoms with Gasteiger partial charge in [-0.3, -0.25) is 5.84 Å². The number of anilines is 2. The van der Waals surface area contributed by atoms with Crippen LogP contribution in [-0.2, 0) is 7.05 Å². The second-order valence-corrected chi connectivity index (χ2v) is 9.45. The van der Waals surface area contributed by atoms with Crippen molar-refractivity contribution in [3.05, 3.63) is 65.3 Å². The molecular weight excluding hydrogens is 454 g/mol. The lowest BCUT2D eigenvalue weighted by Crippen LogP contribution is -2.09. The number of rotatable bonds is 7. The van der Waals surface area contributed by atoms with Crippen molar-refractivity contribution in [2.45, 2.75) is 33.6 Å². The summed E-state index contributed by atoms with van der Waals surface area (Å²) in [6.45, 7) is 10.9. The maximum absolute atomic E-state index is 5.90. The highest BCUT2D eigenvalue weighted by Crippen LogP contribution is 2.41. The molecule has 0 radical (unpaired) electrons. The number of unbranched alkanes of at least 4 members (excludes halogenated alkanes) is 1. The highest BCUT2D eigenvalue weighted by molar-refractivity contribution is 7.16. The van der Waals surface area contributed by atoms with Gasteiger partial charge in [0.05, 0.1) is 17.4 Å². The quantitative estimate of drug-likeness (QED) is 0.148. The van der Waals surface area contributed by atoms with Gasteiger partial charge in [-0.1, -0.05) is 32.1 Å². The van der Waals surface area contributed by atoms with Gasteiger partial charge in [0, 0.05) is 34.1 Å². The molecule has 3 heterocycles. The fourth-order valence-electron chi connectivity index (χ4n) is 3.86. The zero-order valence-electron chi connectivity index (χ0n) is 20.9. The number of nitrogen functional groups attached to an aromatic ring is 2. The van der Waals surface area contributed by atoms with Crippen molar-refractivity contribution in [1.82, 2.24) is 14.5 Å². The van der Waals surface area contributed by atoms with E-state index in [0.717, 1.165) is 50.4 Å². The van der Waals surface area contributed by atoms with Crippen LogP contribution in [0.5, 0.6) is 0 Å². The van der Waals surface area contributed by atoms with E-state index in [2.05, 4.69) is 73.2 Å². The van der Waals surface area contributed by atoms with Gasteiger partial charge in [-0.05, 0) is 67.8 Å². The third kappa shape index (κ3) is 5.79. The Balaban J connectivity index is 0.000000623. The molecule has 1 aromatic carbocycles. The molecule has 0 aliphatic carbocycles. The van der Waals surface area contributed by atoms with Crippen LogP contribution >= 0.6 is 11.3 Å². The number of hydrogen-bond donors (Lipinski definition) is 4. The maximum atomic E-state index is 5.90. The molecule has 0 spiro atoms. The number of thiophene rings is 1. The van der Waals surface area contributed by atoms with Crippen molar-refractivity contribution in [2.24, 2.45) is 18.6 Å². The molecule has 0 saturated carbocycles. The fourth-order valence-corrected chi connectivity index (χ4v) is 4.97. The summed E-state index contributed by atoms with van der Waals surface area (Å²) < 4.78 is 2.02. The van der Waals surface area contributed by atoms with Crippen LogP contribution in [0.25, 0.3) is 38.7 Å². The van der Waals surface area contributed by atoms with Crippen molar-refractivity contribution in [3.8, 4) is 21.6 Å². The lowest BCUT2D eigenvalue weighted by atomic mass is 9.98. The predicted molar refractivity (Wildman–Crippen MR) is 152 cm³/mol. The summed E-state index contributed by atoms with van der Waals surface area (Å²) in [4.78, 5) is 11.0. The molecule has 0 unspecified atom stereocenters. The number of nitrogens with two attached hydrogens (primary N) is 3. The molecule has 4 aromatic rings. The first-order valence-corrected chi connectivity index (χ1v) is 12.4. The van der Waals surface area contributed by atoms with Crippen LogP contribution < -0.4 is 22.7 Å². The minimum atomic E-state index is 0.264. The Kier molecular flexibility index (Phi) is 8.81. The number of fused-ring (bicyclic) bond motifs is 1. The van der Waals surface area contributed by atoms with E-state index in [-0.39, 0.29) is 5.95 Å². The van der Waals surface area contributed by atoms with Crippen molar-refractivity contribution >= 4 is 40.1 Å². The second-order valence-electron chi connectivity index (χ2n) is 8.37. The van der Waals surface area contributed by atoms with Gasteiger partial charge >= 0.3 is 0 Å². The largest absolute Gasteiger partial charge is 0.368 e. The maximum Gasteiger partial charge on any atom is 0.220 e. The molecule has 0 saturated heterocycles. The molecule has 7 nitrogen and oxygen atoms in total. The molecule has 0 amide bonds. The predicted octanol–water partition coefficient (Wildman–Crippen LogP) is 5.79. The number of nitrogens with zero attached hydrogens (tertiary/aromatic N) is 3. The van der Waals surface area contributed by atoms with Crippen molar-refractivity contribution in [2.75, 3.05) is 17.7 Å². The van der Waals surface area contributed by atoms with Gasteiger partial charge in [-0.2, -0.15) is 0 Å². The number of aromatic nitrogens is 3. The SMILES string of the molecule is C=C/C=C\c1sc(-c2cc(-c3cn(C)c4cnc(N)nc34)cc(C)c2NN)cc1C.CCCCN. The van der Waals surface area contributed by atoms with E-state index in [1.165, 1.54) is 23.3 Å². The van der Waals surface area contributed by atoms with Gasteiger partial charge in [0.25, 0.3) is 0 Å².